The molecule has 1 aromatic carbocycles. The van der Waals surface area contributed by atoms with Gasteiger partial charge in [0, 0.05) is 13.1 Å². The van der Waals surface area contributed by atoms with Crippen molar-refractivity contribution in [2.45, 2.75) is 31.8 Å². The first-order valence-corrected chi connectivity index (χ1v) is 7.58. The minimum atomic E-state index is -0.226. The summed E-state index contributed by atoms with van der Waals surface area (Å²) in [7, 11) is 0. The Hall–Kier alpha value is -0.820. The van der Waals surface area contributed by atoms with E-state index in [0.29, 0.717) is 0 Å². The number of nitrogens with one attached hydrogen (secondary N) is 2. The van der Waals surface area contributed by atoms with Crippen LogP contribution < -0.4 is 10.6 Å². The number of aliphatic imine (C=N–C) groups is 1. The van der Waals surface area contributed by atoms with E-state index < -0.39 is 0 Å². The summed E-state index contributed by atoms with van der Waals surface area (Å²) in [5.74, 6) is 0.913. The molecule has 116 valence electrons. The first kappa shape index (κ1) is 16.5. The van der Waals surface area contributed by atoms with E-state index in [1.54, 1.807) is 0 Å². The summed E-state index contributed by atoms with van der Waals surface area (Å²) in [6.07, 6.45) is 3.09. The third-order valence-electron chi connectivity index (χ3n) is 4.27. The van der Waals surface area contributed by atoms with Crippen LogP contribution in [0.25, 0.3) is 0 Å². The van der Waals surface area contributed by atoms with Gasteiger partial charge in [-0.3, -0.25) is 4.99 Å². The molecular formula is C16H24IN3O. The molecule has 0 bridgehead atoms. The summed E-state index contributed by atoms with van der Waals surface area (Å²) >= 11 is 0. The molecule has 0 fully saturated rings. The fraction of sp³-hybridized carbons (Fsp3) is 0.562. The standard InChI is InChI=1S/C16H23N3O.HI/c1-2-16(12-19-15-17-9-5-10-18-15)14-7-4-3-6-13(14)8-11-20-16;/h3-4,6-7H,2,5,8-12H2,1H3,(H2,17,18,19);1H. The van der Waals surface area contributed by atoms with Crippen LogP contribution in [0.5, 0.6) is 0 Å². The normalized spacial score (nSPS) is 24.1. The van der Waals surface area contributed by atoms with Gasteiger partial charge in [-0.25, -0.2) is 0 Å². The van der Waals surface area contributed by atoms with Crippen molar-refractivity contribution in [3.63, 3.8) is 0 Å². The molecule has 0 radical (unpaired) electrons. The highest BCUT2D eigenvalue weighted by Gasteiger charge is 2.36. The Morgan fingerprint density at radius 3 is 3.00 bits per heavy atom. The molecule has 2 aliphatic rings. The Morgan fingerprint density at radius 2 is 2.24 bits per heavy atom. The van der Waals surface area contributed by atoms with Crippen molar-refractivity contribution < 1.29 is 4.74 Å². The first-order valence-electron chi connectivity index (χ1n) is 7.58. The van der Waals surface area contributed by atoms with Gasteiger partial charge in [-0.1, -0.05) is 31.2 Å². The third kappa shape index (κ3) is 3.51. The first-order chi connectivity index (χ1) is 9.84. The van der Waals surface area contributed by atoms with Crippen LogP contribution in [0.2, 0.25) is 0 Å². The van der Waals surface area contributed by atoms with Crippen LogP contribution >= 0.6 is 24.0 Å². The molecule has 1 aromatic rings. The summed E-state index contributed by atoms with van der Waals surface area (Å²) < 4.78 is 6.19. The van der Waals surface area contributed by atoms with Gasteiger partial charge < -0.3 is 15.4 Å². The lowest BCUT2D eigenvalue weighted by molar-refractivity contribution is -0.0593. The van der Waals surface area contributed by atoms with Crippen LogP contribution in [-0.2, 0) is 16.8 Å². The van der Waals surface area contributed by atoms with E-state index in [2.05, 4.69) is 46.8 Å². The minimum Gasteiger partial charge on any atom is -0.368 e. The van der Waals surface area contributed by atoms with E-state index in [1.165, 1.54) is 11.1 Å². The monoisotopic (exact) mass is 401 g/mol. The van der Waals surface area contributed by atoms with Crippen molar-refractivity contribution in [3.05, 3.63) is 35.4 Å². The molecule has 21 heavy (non-hydrogen) atoms. The lowest BCUT2D eigenvalue weighted by atomic mass is 9.84. The van der Waals surface area contributed by atoms with Crippen LogP contribution in [0.1, 0.15) is 30.9 Å². The Kier molecular flexibility index (Phi) is 5.87. The van der Waals surface area contributed by atoms with E-state index in [-0.39, 0.29) is 29.6 Å². The van der Waals surface area contributed by atoms with Crippen LogP contribution in [0, 0.1) is 0 Å². The number of nitrogens with zero attached hydrogens (tertiary/aromatic N) is 1. The van der Waals surface area contributed by atoms with Crippen molar-refractivity contribution >= 4 is 29.9 Å². The molecule has 0 saturated heterocycles. The SMILES string of the molecule is CCC1(CNC2=NCCCN2)OCCc2ccccc21.I. The van der Waals surface area contributed by atoms with Gasteiger partial charge in [0.15, 0.2) is 5.96 Å². The molecular weight excluding hydrogens is 377 g/mol. The number of fused-ring (bicyclic) bond motifs is 1. The number of benzene rings is 1. The largest absolute Gasteiger partial charge is 0.368 e. The van der Waals surface area contributed by atoms with Gasteiger partial charge in [0.2, 0.25) is 0 Å². The lowest BCUT2D eigenvalue weighted by Crippen LogP contribution is -2.49. The predicted octanol–water partition coefficient (Wildman–Crippen LogP) is 2.42. The third-order valence-corrected chi connectivity index (χ3v) is 4.27. The predicted molar refractivity (Wildman–Crippen MR) is 96.4 cm³/mol. The van der Waals surface area contributed by atoms with Gasteiger partial charge in [0.25, 0.3) is 0 Å². The smallest absolute Gasteiger partial charge is 0.191 e. The Labute approximate surface area is 143 Å². The van der Waals surface area contributed by atoms with Crippen molar-refractivity contribution in [1.82, 2.24) is 10.6 Å². The summed E-state index contributed by atoms with van der Waals surface area (Å²) in [6, 6.07) is 8.65. The average Bonchev–Trinajstić information content (AvgIpc) is 2.54. The van der Waals surface area contributed by atoms with Gasteiger partial charge in [0.05, 0.1) is 13.2 Å². The Balaban J connectivity index is 0.00000161. The topological polar surface area (TPSA) is 45.7 Å². The Morgan fingerprint density at radius 1 is 1.38 bits per heavy atom. The summed E-state index contributed by atoms with van der Waals surface area (Å²) in [5, 5.41) is 6.75. The quantitative estimate of drug-likeness (QED) is 0.765. The number of rotatable bonds is 3. The van der Waals surface area contributed by atoms with Gasteiger partial charge in [-0.05, 0) is 30.4 Å². The van der Waals surface area contributed by atoms with E-state index >= 15 is 0 Å². The Bertz CT molecular complexity index is 506. The molecule has 0 saturated carbocycles. The van der Waals surface area contributed by atoms with E-state index in [0.717, 1.165) is 51.5 Å². The highest BCUT2D eigenvalue weighted by atomic mass is 127. The van der Waals surface area contributed by atoms with Crippen LogP contribution in [0.4, 0.5) is 0 Å². The summed E-state index contributed by atoms with van der Waals surface area (Å²) in [6.45, 7) is 5.67. The molecule has 4 nitrogen and oxygen atoms in total. The second-order valence-electron chi connectivity index (χ2n) is 5.47. The molecule has 0 aliphatic carbocycles. The maximum absolute atomic E-state index is 6.19. The highest BCUT2D eigenvalue weighted by Crippen LogP contribution is 2.35. The van der Waals surface area contributed by atoms with Gasteiger partial charge in [-0.2, -0.15) is 0 Å². The number of hydrogen-bond acceptors (Lipinski definition) is 4. The van der Waals surface area contributed by atoms with Crippen LogP contribution in [0.3, 0.4) is 0 Å². The van der Waals surface area contributed by atoms with Gasteiger partial charge in [-0.15, -0.1) is 24.0 Å². The molecule has 3 rings (SSSR count). The highest BCUT2D eigenvalue weighted by molar-refractivity contribution is 14.0. The molecule has 0 spiro atoms. The van der Waals surface area contributed by atoms with Crippen molar-refractivity contribution in [1.29, 1.82) is 0 Å². The molecule has 0 aromatic heterocycles. The lowest BCUT2D eigenvalue weighted by Gasteiger charge is -2.39. The maximum Gasteiger partial charge on any atom is 0.191 e. The number of hydrogen-bond donors (Lipinski definition) is 2. The number of ether oxygens (including phenoxy) is 1. The second-order valence-corrected chi connectivity index (χ2v) is 5.47. The van der Waals surface area contributed by atoms with Gasteiger partial charge in [0.1, 0.15) is 5.60 Å². The fourth-order valence-electron chi connectivity index (χ4n) is 3.06. The zero-order chi connectivity index (χ0) is 13.8. The summed E-state index contributed by atoms with van der Waals surface area (Å²) in [4.78, 5) is 4.47. The molecule has 2 heterocycles. The molecule has 5 heteroatoms. The molecule has 2 N–H and O–H groups in total. The second kappa shape index (κ2) is 7.45. The molecule has 1 unspecified atom stereocenters. The average molecular weight is 401 g/mol. The van der Waals surface area contributed by atoms with Crippen LogP contribution in [-0.4, -0.2) is 32.2 Å². The molecule has 0 amide bonds. The van der Waals surface area contributed by atoms with Crippen molar-refractivity contribution in [2.24, 2.45) is 4.99 Å². The molecule has 1 atom stereocenters. The number of halogens is 1. The minimum absolute atomic E-state index is 0. The van der Waals surface area contributed by atoms with Crippen molar-refractivity contribution in [3.8, 4) is 0 Å². The van der Waals surface area contributed by atoms with Gasteiger partial charge >= 0.3 is 0 Å². The maximum atomic E-state index is 6.19. The van der Waals surface area contributed by atoms with Crippen molar-refractivity contribution in [2.75, 3.05) is 26.2 Å². The zero-order valence-electron chi connectivity index (χ0n) is 12.5. The molecule has 2 aliphatic heterocycles. The van der Waals surface area contributed by atoms with E-state index in [1.807, 2.05) is 0 Å². The van der Waals surface area contributed by atoms with E-state index in [4.69, 9.17) is 4.74 Å². The van der Waals surface area contributed by atoms with E-state index in [9.17, 15) is 0 Å². The fourth-order valence-corrected chi connectivity index (χ4v) is 3.06. The van der Waals surface area contributed by atoms with Crippen LogP contribution in [0.15, 0.2) is 29.3 Å². The number of guanidine groups is 1. The summed E-state index contributed by atoms with van der Waals surface area (Å²) in [5.41, 5.74) is 2.52. The zero-order valence-corrected chi connectivity index (χ0v) is 14.9.